The minimum Gasteiger partial charge on any atom is -0.343 e. The SMILES string of the molecule is CCS[C@@H]1CC[C@@H](N(C)C(=O)CNC(=O)c2ccsc2)C1. The molecule has 1 fully saturated rings. The Balaban J connectivity index is 1.77. The fraction of sp³-hybridized carbons (Fsp3) is 0.600. The van der Waals surface area contributed by atoms with Gasteiger partial charge in [-0.3, -0.25) is 9.59 Å². The van der Waals surface area contributed by atoms with Crippen LogP contribution in [0.25, 0.3) is 0 Å². The van der Waals surface area contributed by atoms with Crippen molar-refractivity contribution in [2.45, 2.75) is 37.5 Å². The van der Waals surface area contributed by atoms with E-state index in [0.29, 0.717) is 16.9 Å². The van der Waals surface area contributed by atoms with Gasteiger partial charge in [-0.1, -0.05) is 6.92 Å². The zero-order valence-corrected chi connectivity index (χ0v) is 14.1. The molecule has 0 unspecified atom stereocenters. The first-order valence-corrected chi connectivity index (χ1v) is 9.28. The average Bonchev–Trinajstić information content (AvgIpc) is 3.15. The third-order valence-electron chi connectivity index (χ3n) is 3.88. The molecule has 1 saturated carbocycles. The van der Waals surface area contributed by atoms with E-state index in [2.05, 4.69) is 12.2 Å². The lowest BCUT2D eigenvalue weighted by atomic mass is 10.2. The second kappa shape index (κ2) is 7.84. The number of hydrogen-bond acceptors (Lipinski definition) is 4. The van der Waals surface area contributed by atoms with Gasteiger partial charge in [-0.2, -0.15) is 23.1 Å². The third-order valence-corrected chi connectivity index (χ3v) is 5.80. The lowest BCUT2D eigenvalue weighted by Crippen LogP contribution is -2.42. The number of hydrogen-bond donors (Lipinski definition) is 1. The van der Waals surface area contributed by atoms with E-state index in [9.17, 15) is 9.59 Å². The van der Waals surface area contributed by atoms with Gasteiger partial charge >= 0.3 is 0 Å². The zero-order chi connectivity index (χ0) is 15.2. The Morgan fingerprint density at radius 3 is 2.95 bits per heavy atom. The maximum Gasteiger partial charge on any atom is 0.252 e. The van der Waals surface area contributed by atoms with Crippen LogP contribution < -0.4 is 5.32 Å². The molecule has 2 rings (SSSR count). The van der Waals surface area contributed by atoms with Crippen LogP contribution in [-0.2, 0) is 4.79 Å². The van der Waals surface area contributed by atoms with Gasteiger partial charge in [0.25, 0.3) is 5.91 Å². The van der Waals surface area contributed by atoms with Gasteiger partial charge in [-0.15, -0.1) is 0 Å². The Hall–Kier alpha value is -1.01. The highest BCUT2D eigenvalue weighted by atomic mass is 32.2. The van der Waals surface area contributed by atoms with Crippen molar-refractivity contribution >= 4 is 34.9 Å². The number of carbonyl (C=O) groups is 2. The van der Waals surface area contributed by atoms with E-state index < -0.39 is 0 Å². The van der Waals surface area contributed by atoms with Gasteiger partial charge < -0.3 is 10.2 Å². The maximum atomic E-state index is 12.2. The molecule has 2 atom stereocenters. The molecular weight excluding hydrogens is 304 g/mol. The molecule has 0 bridgehead atoms. The average molecular weight is 326 g/mol. The summed E-state index contributed by atoms with van der Waals surface area (Å²) in [6.07, 6.45) is 3.32. The Kier molecular flexibility index (Phi) is 6.11. The molecule has 4 nitrogen and oxygen atoms in total. The molecule has 1 N–H and O–H groups in total. The number of carbonyl (C=O) groups excluding carboxylic acids is 2. The first-order valence-electron chi connectivity index (χ1n) is 7.29. The molecule has 0 aliphatic heterocycles. The highest BCUT2D eigenvalue weighted by Crippen LogP contribution is 2.32. The molecule has 116 valence electrons. The first-order chi connectivity index (χ1) is 10.1. The zero-order valence-electron chi connectivity index (χ0n) is 12.5. The minimum atomic E-state index is -0.177. The Labute approximate surface area is 134 Å². The molecule has 1 heterocycles. The van der Waals surface area contributed by atoms with E-state index in [1.165, 1.54) is 17.8 Å². The second-order valence-corrected chi connectivity index (χ2v) is 7.60. The van der Waals surface area contributed by atoms with E-state index >= 15 is 0 Å². The molecule has 0 saturated heterocycles. The van der Waals surface area contributed by atoms with Crippen LogP contribution in [0.4, 0.5) is 0 Å². The third kappa shape index (κ3) is 4.48. The number of amides is 2. The van der Waals surface area contributed by atoms with Crippen LogP contribution in [0.1, 0.15) is 36.5 Å². The van der Waals surface area contributed by atoms with E-state index in [-0.39, 0.29) is 18.4 Å². The van der Waals surface area contributed by atoms with Crippen LogP contribution in [0.5, 0.6) is 0 Å². The smallest absolute Gasteiger partial charge is 0.252 e. The molecule has 2 amide bonds. The predicted octanol–water partition coefficient (Wildman–Crippen LogP) is 2.61. The van der Waals surface area contributed by atoms with Gasteiger partial charge in [0.1, 0.15) is 0 Å². The molecule has 0 aromatic carbocycles. The van der Waals surface area contributed by atoms with Crippen molar-refractivity contribution in [1.29, 1.82) is 0 Å². The predicted molar refractivity (Wildman–Crippen MR) is 89.0 cm³/mol. The van der Waals surface area contributed by atoms with Crippen LogP contribution in [0.3, 0.4) is 0 Å². The normalized spacial score (nSPS) is 21.2. The van der Waals surface area contributed by atoms with E-state index in [0.717, 1.165) is 18.6 Å². The summed E-state index contributed by atoms with van der Waals surface area (Å²) < 4.78 is 0. The summed E-state index contributed by atoms with van der Waals surface area (Å²) in [6.45, 7) is 2.25. The molecule has 1 aromatic heterocycles. The van der Waals surface area contributed by atoms with Gasteiger partial charge in [0.05, 0.1) is 6.54 Å². The lowest BCUT2D eigenvalue weighted by molar-refractivity contribution is -0.130. The van der Waals surface area contributed by atoms with Crippen LogP contribution in [0, 0.1) is 0 Å². The molecule has 0 radical (unpaired) electrons. The van der Waals surface area contributed by atoms with Crippen molar-refractivity contribution in [3.05, 3.63) is 22.4 Å². The van der Waals surface area contributed by atoms with Crippen molar-refractivity contribution in [3.63, 3.8) is 0 Å². The molecular formula is C15H22N2O2S2. The van der Waals surface area contributed by atoms with E-state index in [1.807, 2.05) is 29.1 Å². The minimum absolute atomic E-state index is 0.00859. The summed E-state index contributed by atoms with van der Waals surface area (Å²) in [5, 5.41) is 7.01. The van der Waals surface area contributed by atoms with Gasteiger partial charge in [0.15, 0.2) is 0 Å². The Morgan fingerprint density at radius 1 is 1.48 bits per heavy atom. The van der Waals surface area contributed by atoms with Crippen molar-refractivity contribution in [2.75, 3.05) is 19.3 Å². The van der Waals surface area contributed by atoms with Gasteiger partial charge in [-0.05, 0) is 36.5 Å². The van der Waals surface area contributed by atoms with Gasteiger partial charge in [0, 0.05) is 29.3 Å². The summed E-state index contributed by atoms with van der Waals surface area (Å²) in [7, 11) is 1.85. The number of rotatable bonds is 6. The van der Waals surface area contributed by atoms with Crippen LogP contribution in [0.2, 0.25) is 0 Å². The Morgan fingerprint density at radius 2 is 2.29 bits per heavy atom. The van der Waals surface area contributed by atoms with Crippen LogP contribution >= 0.6 is 23.1 Å². The topological polar surface area (TPSA) is 49.4 Å². The van der Waals surface area contributed by atoms with Crippen molar-refractivity contribution < 1.29 is 9.59 Å². The molecule has 21 heavy (non-hydrogen) atoms. The lowest BCUT2D eigenvalue weighted by Gasteiger charge is -2.24. The van der Waals surface area contributed by atoms with Gasteiger partial charge in [-0.25, -0.2) is 0 Å². The summed E-state index contributed by atoms with van der Waals surface area (Å²) in [4.78, 5) is 25.8. The monoisotopic (exact) mass is 326 g/mol. The quantitative estimate of drug-likeness (QED) is 0.874. The number of thiophene rings is 1. The highest BCUT2D eigenvalue weighted by molar-refractivity contribution is 7.99. The van der Waals surface area contributed by atoms with Crippen molar-refractivity contribution in [1.82, 2.24) is 10.2 Å². The van der Waals surface area contributed by atoms with Crippen LogP contribution in [0.15, 0.2) is 16.8 Å². The number of nitrogens with zero attached hydrogens (tertiary/aromatic N) is 1. The Bertz CT molecular complexity index is 476. The summed E-state index contributed by atoms with van der Waals surface area (Å²) in [5.41, 5.74) is 0.621. The second-order valence-electron chi connectivity index (χ2n) is 5.24. The van der Waals surface area contributed by atoms with E-state index in [4.69, 9.17) is 0 Å². The van der Waals surface area contributed by atoms with Crippen molar-refractivity contribution in [3.8, 4) is 0 Å². The van der Waals surface area contributed by atoms with Gasteiger partial charge in [0.2, 0.25) is 5.91 Å². The molecule has 0 spiro atoms. The molecule has 1 aliphatic rings. The molecule has 1 aliphatic carbocycles. The van der Waals surface area contributed by atoms with Crippen LogP contribution in [-0.4, -0.2) is 47.4 Å². The highest BCUT2D eigenvalue weighted by Gasteiger charge is 2.29. The number of likely N-dealkylation sites (N-methyl/N-ethyl adjacent to an activating group) is 1. The fourth-order valence-electron chi connectivity index (χ4n) is 2.64. The summed E-state index contributed by atoms with van der Waals surface area (Å²) in [5.74, 6) is 0.945. The first kappa shape index (κ1) is 16.4. The fourth-order valence-corrected chi connectivity index (χ4v) is 4.40. The largest absolute Gasteiger partial charge is 0.343 e. The number of nitrogens with one attached hydrogen (secondary N) is 1. The maximum absolute atomic E-state index is 12.2. The number of thioether (sulfide) groups is 1. The molecule has 6 heteroatoms. The van der Waals surface area contributed by atoms with E-state index in [1.54, 1.807) is 11.4 Å². The standard InChI is InChI=1S/C15H22N2O2S2/c1-3-21-13-5-4-12(8-13)17(2)14(18)9-16-15(19)11-6-7-20-10-11/h6-7,10,12-13H,3-5,8-9H2,1-2H3,(H,16,19)/t12-,13-/m1/s1. The summed E-state index contributed by atoms with van der Waals surface area (Å²) in [6, 6.07) is 2.08. The summed E-state index contributed by atoms with van der Waals surface area (Å²) >= 11 is 3.46. The molecule has 1 aromatic rings. The van der Waals surface area contributed by atoms with Crippen molar-refractivity contribution in [2.24, 2.45) is 0 Å².